The van der Waals surface area contributed by atoms with Crippen LogP contribution in [0, 0.1) is 6.92 Å². The van der Waals surface area contributed by atoms with Crippen molar-refractivity contribution in [3.8, 4) is 28.9 Å². The molecule has 10 nitrogen and oxygen atoms in total. The van der Waals surface area contributed by atoms with E-state index >= 15 is 0 Å². The Labute approximate surface area is 197 Å². The first kappa shape index (κ1) is 22.8. The molecule has 1 fully saturated rings. The topological polar surface area (TPSA) is 112 Å². The van der Waals surface area contributed by atoms with Crippen molar-refractivity contribution < 1.29 is 27.7 Å². The van der Waals surface area contributed by atoms with Crippen molar-refractivity contribution in [2.75, 3.05) is 31.1 Å². The van der Waals surface area contributed by atoms with Crippen LogP contribution >= 0.6 is 0 Å². The fourth-order valence-electron chi connectivity index (χ4n) is 3.78. The Bertz CT molecular complexity index is 1300. The first-order valence-corrected chi connectivity index (χ1v) is 11.0. The van der Waals surface area contributed by atoms with Crippen LogP contribution in [0.25, 0.3) is 23.1 Å². The zero-order valence-corrected chi connectivity index (χ0v) is 18.7. The average Bonchev–Trinajstić information content (AvgIpc) is 3.47. The smallest absolute Gasteiger partial charge is 0.406 e. The van der Waals surface area contributed by atoms with Gasteiger partial charge in [0.2, 0.25) is 11.6 Å². The molecule has 182 valence electrons. The van der Waals surface area contributed by atoms with E-state index in [0.29, 0.717) is 17.9 Å². The molecule has 1 aliphatic rings. The number of benzene rings is 1. The summed E-state index contributed by atoms with van der Waals surface area (Å²) in [4.78, 5) is 15.5. The molecule has 1 aliphatic heterocycles. The molecule has 0 bridgehead atoms. The van der Waals surface area contributed by atoms with E-state index < -0.39 is 6.36 Å². The number of pyridine rings is 1. The maximum atomic E-state index is 12.3. The number of quaternary nitrogens is 1. The van der Waals surface area contributed by atoms with Crippen LogP contribution in [0.4, 0.5) is 19.0 Å². The number of alkyl halides is 3. The second-order valence-corrected chi connectivity index (χ2v) is 8.01. The first-order chi connectivity index (χ1) is 16.8. The lowest BCUT2D eigenvalue weighted by atomic mass is 10.2. The van der Waals surface area contributed by atoms with Gasteiger partial charge >= 0.3 is 6.36 Å². The Balaban J connectivity index is 1.30. The Kier molecular flexibility index (Phi) is 6.07. The van der Waals surface area contributed by atoms with Crippen molar-refractivity contribution in [1.82, 2.24) is 29.9 Å². The molecule has 0 aliphatic carbocycles. The summed E-state index contributed by atoms with van der Waals surface area (Å²) in [6.45, 7) is 6.34. The summed E-state index contributed by atoms with van der Waals surface area (Å²) in [6.07, 6.45) is -2.96. The fraction of sp³-hybridized carbons (Fsp3) is 0.318. The highest BCUT2D eigenvalue weighted by atomic mass is 19.4. The van der Waals surface area contributed by atoms with Gasteiger partial charge in [0.15, 0.2) is 0 Å². The predicted octanol–water partition coefficient (Wildman–Crippen LogP) is 2.03. The largest absolute Gasteiger partial charge is 0.573 e. The molecule has 3 aromatic heterocycles. The van der Waals surface area contributed by atoms with E-state index in [1.165, 1.54) is 24.3 Å². The summed E-state index contributed by atoms with van der Waals surface area (Å²) < 4.78 is 48.0. The minimum Gasteiger partial charge on any atom is -0.406 e. The summed E-state index contributed by atoms with van der Waals surface area (Å²) >= 11 is 0. The first-order valence-electron chi connectivity index (χ1n) is 11.0. The maximum Gasteiger partial charge on any atom is 0.573 e. The molecule has 0 unspecified atom stereocenters. The summed E-state index contributed by atoms with van der Waals surface area (Å²) in [5.41, 5.74) is 1.50. The van der Waals surface area contributed by atoms with Crippen molar-refractivity contribution in [3.05, 3.63) is 54.0 Å². The normalized spacial score (nSPS) is 14.3. The van der Waals surface area contributed by atoms with Crippen molar-refractivity contribution in [1.29, 1.82) is 0 Å². The van der Waals surface area contributed by atoms with Crippen LogP contribution < -0.4 is 15.0 Å². The van der Waals surface area contributed by atoms with Gasteiger partial charge in [-0.05, 0) is 48.9 Å². The van der Waals surface area contributed by atoms with E-state index in [9.17, 15) is 13.2 Å². The third-order valence-corrected chi connectivity index (χ3v) is 5.49. The van der Waals surface area contributed by atoms with Gasteiger partial charge in [-0.15, -0.1) is 18.3 Å². The number of halogens is 3. The second-order valence-electron chi connectivity index (χ2n) is 8.01. The Morgan fingerprint density at radius 2 is 1.83 bits per heavy atom. The summed E-state index contributed by atoms with van der Waals surface area (Å²) in [6, 6.07) is 9.19. The molecule has 5 rings (SSSR count). The summed E-state index contributed by atoms with van der Waals surface area (Å²) in [7, 11) is 0. The molecule has 13 heteroatoms. The minimum atomic E-state index is -4.76. The molecule has 0 saturated carbocycles. The van der Waals surface area contributed by atoms with Crippen LogP contribution in [0.3, 0.4) is 0 Å². The van der Waals surface area contributed by atoms with Gasteiger partial charge in [-0.2, -0.15) is 4.98 Å². The van der Waals surface area contributed by atoms with Crippen molar-refractivity contribution in [2.45, 2.75) is 19.8 Å². The Morgan fingerprint density at radius 3 is 2.57 bits per heavy atom. The van der Waals surface area contributed by atoms with E-state index in [4.69, 9.17) is 4.52 Å². The van der Waals surface area contributed by atoms with Gasteiger partial charge in [0, 0.05) is 11.8 Å². The number of ether oxygens (including phenoxy) is 1. The number of hydrogen-bond acceptors (Lipinski definition) is 8. The van der Waals surface area contributed by atoms with Gasteiger partial charge in [-0.3, -0.25) is 0 Å². The molecule has 0 radical (unpaired) electrons. The number of nitrogens with two attached hydrogens (primary N) is 1. The molecular weight excluding hydrogens is 465 g/mol. The Morgan fingerprint density at radius 1 is 1.06 bits per heavy atom. The van der Waals surface area contributed by atoms with Gasteiger partial charge in [-0.1, -0.05) is 5.16 Å². The van der Waals surface area contributed by atoms with Crippen LogP contribution in [0.5, 0.6) is 5.75 Å². The van der Waals surface area contributed by atoms with Gasteiger partial charge < -0.3 is 19.5 Å². The standard InChI is InChI=1S/C22H21F3N8O2/c1-14-28-20(21-29-19(31-35-21)16-2-4-17(5-3-16)34-22(23,24)25)30-33(14)13-15-6-7-27-18(12-15)32-10-8-26-9-11-32/h2-7,12,26H,8-11,13H2,1H3/p+1. The van der Waals surface area contributed by atoms with Crippen LogP contribution in [0.15, 0.2) is 47.1 Å². The van der Waals surface area contributed by atoms with E-state index in [1.807, 2.05) is 13.0 Å². The number of rotatable bonds is 6. The van der Waals surface area contributed by atoms with Gasteiger partial charge in [-0.25, -0.2) is 14.6 Å². The SMILES string of the molecule is Cc1nc(-c2nc(-c3ccc(OC(F)(F)F)cc3)no2)nn1Cc1ccnc(N2CC[NH2+]CC2)c1. The number of anilines is 1. The quantitative estimate of drug-likeness (QED) is 0.440. The minimum absolute atomic E-state index is 0.109. The van der Waals surface area contributed by atoms with Gasteiger partial charge in [0.1, 0.15) is 17.4 Å². The molecule has 0 spiro atoms. The lowest BCUT2D eigenvalue weighted by Crippen LogP contribution is -2.89. The van der Waals surface area contributed by atoms with Crippen molar-refractivity contribution in [3.63, 3.8) is 0 Å². The average molecular weight is 487 g/mol. The van der Waals surface area contributed by atoms with E-state index in [-0.39, 0.29) is 23.3 Å². The fourth-order valence-corrected chi connectivity index (χ4v) is 3.78. The molecule has 1 aromatic carbocycles. The third kappa shape index (κ3) is 5.40. The van der Waals surface area contributed by atoms with Crippen LogP contribution in [0.1, 0.15) is 11.4 Å². The predicted molar refractivity (Wildman–Crippen MR) is 117 cm³/mol. The lowest BCUT2D eigenvalue weighted by Gasteiger charge is -2.26. The zero-order valence-electron chi connectivity index (χ0n) is 18.7. The second kappa shape index (κ2) is 9.33. The summed E-state index contributed by atoms with van der Waals surface area (Å²) in [5, 5.41) is 10.7. The summed E-state index contributed by atoms with van der Waals surface area (Å²) in [5.74, 6) is 1.85. The van der Waals surface area contributed by atoms with Crippen molar-refractivity contribution >= 4 is 5.82 Å². The molecule has 4 aromatic rings. The van der Waals surface area contributed by atoms with Crippen molar-refractivity contribution in [2.24, 2.45) is 0 Å². The maximum absolute atomic E-state index is 12.3. The highest BCUT2D eigenvalue weighted by Crippen LogP contribution is 2.26. The number of piperazine rings is 1. The third-order valence-electron chi connectivity index (χ3n) is 5.49. The van der Waals surface area contributed by atoms with E-state index in [0.717, 1.165) is 37.6 Å². The molecule has 35 heavy (non-hydrogen) atoms. The molecule has 0 amide bonds. The van der Waals surface area contributed by atoms with E-state index in [2.05, 4.69) is 46.2 Å². The number of aryl methyl sites for hydroxylation is 1. The molecule has 1 saturated heterocycles. The van der Waals surface area contributed by atoms with Crippen LogP contribution in [-0.4, -0.2) is 62.4 Å². The molecular formula is C22H22F3N8O2+. The highest BCUT2D eigenvalue weighted by Gasteiger charge is 2.31. The number of hydrogen-bond donors (Lipinski definition) is 1. The van der Waals surface area contributed by atoms with Crippen LogP contribution in [0.2, 0.25) is 0 Å². The zero-order chi connectivity index (χ0) is 24.4. The molecule has 2 N–H and O–H groups in total. The number of nitrogens with zero attached hydrogens (tertiary/aromatic N) is 7. The Hall–Kier alpha value is -4.00. The lowest BCUT2D eigenvalue weighted by molar-refractivity contribution is -0.655. The van der Waals surface area contributed by atoms with Crippen LogP contribution in [-0.2, 0) is 6.54 Å². The molecule has 0 atom stereocenters. The number of aromatic nitrogens is 6. The van der Waals surface area contributed by atoms with Gasteiger partial charge in [0.05, 0.1) is 32.7 Å². The van der Waals surface area contributed by atoms with Gasteiger partial charge in [0.25, 0.3) is 5.89 Å². The van der Waals surface area contributed by atoms with E-state index in [1.54, 1.807) is 10.9 Å². The monoisotopic (exact) mass is 487 g/mol. The highest BCUT2D eigenvalue weighted by molar-refractivity contribution is 5.57. The molecule has 4 heterocycles.